The van der Waals surface area contributed by atoms with Crippen LogP contribution in [0.1, 0.15) is 85.5 Å². The molecule has 3 saturated carbocycles. The van der Waals surface area contributed by atoms with E-state index in [1.54, 1.807) is 0 Å². The van der Waals surface area contributed by atoms with Gasteiger partial charge in [-0.25, -0.2) is 0 Å². The van der Waals surface area contributed by atoms with Crippen LogP contribution in [0.3, 0.4) is 0 Å². The van der Waals surface area contributed by atoms with Crippen molar-refractivity contribution < 1.29 is 24.2 Å². The summed E-state index contributed by atoms with van der Waals surface area (Å²) in [6, 6.07) is 0. The van der Waals surface area contributed by atoms with Gasteiger partial charge in [0.15, 0.2) is 0 Å². The highest BCUT2D eigenvalue weighted by Crippen LogP contribution is 2.67. The smallest absolute Gasteiger partial charge is 0.302 e. The molecule has 0 spiro atoms. The molecule has 0 aliphatic heterocycles. The van der Waals surface area contributed by atoms with Crippen LogP contribution in [0.25, 0.3) is 0 Å². The van der Waals surface area contributed by atoms with Crippen molar-refractivity contribution >= 4 is 11.9 Å². The highest BCUT2D eigenvalue weighted by Gasteiger charge is 2.63. The number of carbonyl (C=O) groups excluding carboxylic acids is 2. The third-order valence-corrected chi connectivity index (χ3v) is 9.53. The molecule has 5 nitrogen and oxygen atoms in total. The van der Waals surface area contributed by atoms with Crippen LogP contribution < -0.4 is 0 Å². The first-order valence-electron chi connectivity index (χ1n) is 11.8. The van der Waals surface area contributed by atoms with Crippen molar-refractivity contribution in [2.75, 3.05) is 6.61 Å². The van der Waals surface area contributed by atoms with Crippen LogP contribution in [-0.4, -0.2) is 35.4 Å². The SMILES string of the molecule is CC(=O)OCC[C@]1(O)CC[C@@H]2[C@H]3CC=C4C[C@H](OC(C)=O)CC[C@]4(C)[C@@H]3CC[C@]21C. The van der Waals surface area contributed by atoms with Gasteiger partial charge in [-0.15, -0.1) is 0 Å². The zero-order valence-corrected chi connectivity index (χ0v) is 19.0. The number of carbonyl (C=O) groups is 2. The summed E-state index contributed by atoms with van der Waals surface area (Å²) in [6.45, 7) is 7.96. The monoisotopic (exact) mass is 418 g/mol. The summed E-state index contributed by atoms with van der Waals surface area (Å²) in [5, 5.41) is 11.6. The van der Waals surface area contributed by atoms with Crippen molar-refractivity contribution in [1.29, 1.82) is 0 Å². The first kappa shape index (κ1) is 21.9. The highest BCUT2D eigenvalue weighted by atomic mass is 16.5. The number of rotatable bonds is 4. The van der Waals surface area contributed by atoms with Gasteiger partial charge in [-0.05, 0) is 73.5 Å². The Kier molecular flexibility index (Phi) is 5.57. The largest absolute Gasteiger partial charge is 0.466 e. The average Bonchev–Trinajstić information content (AvgIpc) is 2.93. The van der Waals surface area contributed by atoms with Gasteiger partial charge in [-0.3, -0.25) is 9.59 Å². The van der Waals surface area contributed by atoms with Crippen molar-refractivity contribution in [2.45, 2.75) is 97.2 Å². The summed E-state index contributed by atoms with van der Waals surface area (Å²) in [7, 11) is 0. The molecule has 4 rings (SSSR count). The lowest BCUT2D eigenvalue weighted by Gasteiger charge is -2.59. The van der Waals surface area contributed by atoms with E-state index < -0.39 is 5.60 Å². The third-order valence-electron chi connectivity index (χ3n) is 9.53. The van der Waals surface area contributed by atoms with Crippen LogP contribution >= 0.6 is 0 Å². The molecule has 4 aliphatic rings. The molecule has 0 bridgehead atoms. The molecular weight excluding hydrogens is 380 g/mol. The quantitative estimate of drug-likeness (QED) is 0.535. The first-order valence-corrected chi connectivity index (χ1v) is 11.8. The molecule has 0 radical (unpaired) electrons. The Bertz CT molecular complexity index is 744. The summed E-state index contributed by atoms with van der Waals surface area (Å²) in [5.74, 6) is 1.31. The maximum absolute atomic E-state index is 11.6. The third kappa shape index (κ3) is 3.41. The highest BCUT2D eigenvalue weighted by molar-refractivity contribution is 5.66. The topological polar surface area (TPSA) is 72.8 Å². The standard InChI is InChI=1S/C25H38O5/c1-16(26)29-14-13-25(28)12-9-22-20-6-5-18-15-19(30-17(2)27)7-10-23(18,3)21(20)8-11-24(22,25)4/h5,19-22,28H,6-15H2,1-4H3/t19-,20+,21-,22-,23+,24-,25-/m1/s1. The predicted molar refractivity (Wildman–Crippen MR) is 113 cm³/mol. The van der Waals surface area contributed by atoms with E-state index in [0.29, 0.717) is 30.8 Å². The molecule has 0 aromatic heterocycles. The predicted octanol–water partition coefficient (Wildman–Crippen LogP) is 4.57. The lowest BCUT2D eigenvalue weighted by atomic mass is 9.47. The molecule has 7 atom stereocenters. The second kappa shape index (κ2) is 7.65. The fraction of sp³-hybridized carbons (Fsp3) is 0.840. The van der Waals surface area contributed by atoms with Crippen LogP contribution in [0.2, 0.25) is 0 Å². The summed E-state index contributed by atoms with van der Waals surface area (Å²) in [4.78, 5) is 22.6. The van der Waals surface area contributed by atoms with Crippen molar-refractivity contribution in [3.8, 4) is 0 Å². The Labute approximate surface area is 180 Å². The maximum atomic E-state index is 11.6. The number of esters is 2. The lowest BCUT2D eigenvalue weighted by molar-refractivity contribution is -0.152. The normalized spacial score (nSPS) is 44.9. The summed E-state index contributed by atoms with van der Waals surface area (Å²) in [5.41, 5.74) is 0.841. The van der Waals surface area contributed by atoms with Crippen molar-refractivity contribution in [1.82, 2.24) is 0 Å². The number of ether oxygens (including phenoxy) is 2. The molecule has 168 valence electrons. The molecule has 0 aromatic carbocycles. The van der Waals surface area contributed by atoms with Gasteiger partial charge in [0.2, 0.25) is 0 Å². The number of aliphatic hydroxyl groups is 1. The molecule has 1 N–H and O–H groups in total. The van der Waals surface area contributed by atoms with Crippen LogP contribution in [0.5, 0.6) is 0 Å². The molecule has 0 aromatic rings. The Morgan fingerprint density at radius 3 is 2.50 bits per heavy atom. The zero-order chi connectivity index (χ0) is 21.7. The van der Waals surface area contributed by atoms with E-state index in [9.17, 15) is 14.7 Å². The maximum Gasteiger partial charge on any atom is 0.302 e. The van der Waals surface area contributed by atoms with E-state index in [-0.39, 0.29) is 28.9 Å². The van der Waals surface area contributed by atoms with Crippen LogP contribution in [0.4, 0.5) is 0 Å². The van der Waals surface area contributed by atoms with Gasteiger partial charge in [0.05, 0.1) is 12.2 Å². The Morgan fingerprint density at radius 2 is 1.80 bits per heavy atom. The van der Waals surface area contributed by atoms with Crippen LogP contribution in [-0.2, 0) is 19.1 Å². The molecule has 0 amide bonds. The molecule has 4 aliphatic carbocycles. The van der Waals surface area contributed by atoms with Crippen molar-refractivity contribution in [3.63, 3.8) is 0 Å². The molecule has 0 unspecified atom stereocenters. The Hall–Kier alpha value is -1.36. The molecule has 3 fully saturated rings. The zero-order valence-electron chi connectivity index (χ0n) is 19.0. The van der Waals surface area contributed by atoms with Crippen molar-refractivity contribution in [3.05, 3.63) is 11.6 Å². The van der Waals surface area contributed by atoms with Gasteiger partial charge in [-0.1, -0.05) is 25.5 Å². The van der Waals surface area contributed by atoms with Crippen LogP contribution in [0.15, 0.2) is 11.6 Å². The molecule has 0 saturated heterocycles. The van der Waals surface area contributed by atoms with E-state index >= 15 is 0 Å². The number of fused-ring (bicyclic) bond motifs is 5. The van der Waals surface area contributed by atoms with E-state index in [0.717, 1.165) is 51.4 Å². The van der Waals surface area contributed by atoms with E-state index in [1.165, 1.54) is 19.4 Å². The Morgan fingerprint density at radius 1 is 1.07 bits per heavy atom. The number of hydrogen-bond acceptors (Lipinski definition) is 5. The second-order valence-electron chi connectivity index (χ2n) is 10.9. The van der Waals surface area contributed by atoms with Gasteiger partial charge in [0.25, 0.3) is 0 Å². The average molecular weight is 419 g/mol. The summed E-state index contributed by atoms with van der Waals surface area (Å²) < 4.78 is 10.7. The minimum atomic E-state index is -0.740. The second-order valence-corrected chi connectivity index (χ2v) is 10.9. The first-order chi connectivity index (χ1) is 14.1. The summed E-state index contributed by atoms with van der Waals surface area (Å²) >= 11 is 0. The summed E-state index contributed by atoms with van der Waals surface area (Å²) in [6.07, 6.45) is 11.0. The molecule has 0 heterocycles. The van der Waals surface area contributed by atoms with E-state index in [1.807, 2.05) is 0 Å². The van der Waals surface area contributed by atoms with Gasteiger partial charge >= 0.3 is 11.9 Å². The fourth-order valence-corrected chi connectivity index (χ4v) is 7.85. The molecular formula is C25H38O5. The van der Waals surface area contributed by atoms with Gasteiger partial charge in [0.1, 0.15) is 6.10 Å². The van der Waals surface area contributed by atoms with Gasteiger partial charge in [-0.2, -0.15) is 0 Å². The van der Waals surface area contributed by atoms with E-state index in [2.05, 4.69) is 19.9 Å². The number of allylic oxidation sites excluding steroid dienone is 1. The minimum absolute atomic E-state index is 0.0325. The van der Waals surface area contributed by atoms with E-state index in [4.69, 9.17) is 9.47 Å². The van der Waals surface area contributed by atoms with Gasteiger partial charge < -0.3 is 14.6 Å². The Balaban J connectivity index is 1.52. The van der Waals surface area contributed by atoms with Crippen molar-refractivity contribution in [2.24, 2.45) is 28.6 Å². The van der Waals surface area contributed by atoms with Crippen LogP contribution in [0, 0.1) is 28.6 Å². The molecule has 30 heavy (non-hydrogen) atoms. The minimum Gasteiger partial charge on any atom is -0.466 e. The molecule has 5 heteroatoms. The van der Waals surface area contributed by atoms with Gasteiger partial charge in [0, 0.05) is 26.7 Å². The fourth-order valence-electron chi connectivity index (χ4n) is 7.85. The number of hydrogen-bond donors (Lipinski definition) is 1. The lowest BCUT2D eigenvalue weighted by Crippen LogP contribution is -2.55.